The van der Waals surface area contributed by atoms with Crippen LogP contribution in [0.25, 0.3) is 6.08 Å². The molecule has 2 aromatic rings. The van der Waals surface area contributed by atoms with Gasteiger partial charge in [-0.2, -0.15) is 5.26 Å². The minimum Gasteiger partial charge on any atom is -0.319 e. The molecule has 2 aromatic carbocycles. The zero-order valence-corrected chi connectivity index (χ0v) is 14.7. The summed E-state index contributed by atoms with van der Waals surface area (Å²) in [5.74, 6) is -0.699. The molecule has 0 aliphatic heterocycles. The van der Waals surface area contributed by atoms with Crippen LogP contribution < -0.4 is 5.32 Å². The van der Waals surface area contributed by atoms with Gasteiger partial charge in [0.25, 0.3) is 11.6 Å². The molecular weight excluding hydrogens is 377 g/mol. The number of nitro benzene ring substituents is 1. The normalized spacial score (nSPS) is 11.2. The van der Waals surface area contributed by atoms with E-state index in [9.17, 15) is 14.9 Å². The van der Waals surface area contributed by atoms with Crippen LogP contribution in [0.3, 0.4) is 0 Å². The molecule has 0 aromatic heterocycles. The standard InChI is InChI=1S/C18H11Cl2N3O3/c19-14-8-4-9-15(20)17(14)22-18(24)13(11-21)7-3-6-12-5-1-2-10-16(12)23(25)26/h1-10H,(H,22,24). The molecule has 0 bridgehead atoms. The fourth-order valence-corrected chi connectivity index (χ4v) is 2.50. The van der Waals surface area contributed by atoms with Gasteiger partial charge >= 0.3 is 0 Å². The first kappa shape index (κ1) is 19.2. The van der Waals surface area contributed by atoms with E-state index in [1.165, 1.54) is 24.3 Å². The SMILES string of the molecule is N#CC(=CC=Cc1ccccc1[N+](=O)[O-])C(=O)Nc1c(Cl)cccc1Cl. The van der Waals surface area contributed by atoms with E-state index < -0.39 is 10.8 Å². The molecule has 6 nitrogen and oxygen atoms in total. The second-order valence-electron chi connectivity index (χ2n) is 4.92. The molecule has 0 saturated carbocycles. The highest BCUT2D eigenvalue weighted by Crippen LogP contribution is 2.30. The summed E-state index contributed by atoms with van der Waals surface area (Å²) in [5.41, 5.74) is 0.254. The Labute approximate surface area is 159 Å². The Hall–Kier alpha value is -3.14. The summed E-state index contributed by atoms with van der Waals surface area (Å²) in [4.78, 5) is 22.7. The highest BCUT2D eigenvalue weighted by Gasteiger charge is 2.13. The maximum atomic E-state index is 12.2. The van der Waals surface area contributed by atoms with Gasteiger partial charge < -0.3 is 5.32 Å². The number of hydrogen-bond acceptors (Lipinski definition) is 4. The van der Waals surface area contributed by atoms with Gasteiger partial charge in [-0.25, -0.2) is 0 Å². The van der Waals surface area contributed by atoms with Gasteiger partial charge in [0.2, 0.25) is 0 Å². The van der Waals surface area contributed by atoms with Crippen LogP contribution in [0.4, 0.5) is 11.4 Å². The third kappa shape index (κ3) is 4.70. The predicted molar refractivity (Wildman–Crippen MR) is 101 cm³/mol. The number of halogens is 2. The topological polar surface area (TPSA) is 96.0 Å². The van der Waals surface area contributed by atoms with Gasteiger partial charge in [-0.1, -0.05) is 47.5 Å². The van der Waals surface area contributed by atoms with Crippen molar-refractivity contribution in [2.45, 2.75) is 0 Å². The predicted octanol–water partition coefficient (Wildman–Crippen LogP) is 5.00. The highest BCUT2D eigenvalue weighted by atomic mass is 35.5. The number of nitrogens with zero attached hydrogens (tertiary/aromatic N) is 2. The maximum Gasteiger partial charge on any atom is 0.276 e. The summed E-state index contributed by atoms with van der Waals surface area (Å²) in [6, 6.07) is 12.6. The van der Waals surface area contributed by atoms with Crippen LogP contribution in [0, 0.1) is 21.4 Å². The van der Waals surface area contributed by atoms with Crippen LogP contribution in [-0.4, -0.2) is 10.8 Å². The van der Waals surface area contributed by atoms with Crippen LogP contribution in [0.5, 0.6) is 0 Å². The lowest BCUT2D eigenvalue weighted by Crippen LogP contribution is -2.14. The largest absolute Gasteiger partial charge is 0.319 e. The summed E-state index contributed by atoms with van der Waals surface area (Å²) < 4.78 is 0. The molecule has 0 atom stereocenters. The number of carbonyl (C=O) groups is 1. The van der Waals surface area contributed by atoms with E-state index >= 15 is 0 Å². The number of allylic oxidation sites excluding steroid dienone is 2. The van der Waals surface area contributed by atoms with Gasteiger partial charge in [-0.15, -0.1) is 0 Å². The first-order valence-electron chi connectivity index (χ1n) is 7.21. The number of amides is 1. The summed E-state index contributed by atoms with van der Waals surface area (Å²) in [5, 5.41) is 23.1. The third-order valence-corrected chi connectivity index (χ3v) is 3.87. The molecule has 0 aliphatic carbocycles. The maximum absolute atomic E-state index is 12.2. The number of rotatable bonds is 5. The summed E-state index contributed by atoms with van der Waals surface area (Å²) in [7, 11) is 0. The quantitative estimate of drug-likeness (QED) is 0.256. The van der Waals surface area contributed by atoms with E-state index in [2.05, 4.69) is 5.32 Å². The van der Waals surface area contributed by atoms with Gasteiger partial charge in [0.1, 0.15) is 11.6 Å². The van der Waals surface area contributed by atoms with Crippen molar-refractivity contribution >= 4 is 46.6 Å². The summed E-state index contributed by atoms with van der Waals surface area (Å²) in [6.45, 7) is 0. The molecule has 0 unspecified atom stereocenters. The van der Waals surface area contributed by atoms with E-state index in [4.69, 9.17) is 28.5 Å². The van der Waals surface area contributed by atoms with E-state index in [1.54, 1.807) is 42.5 Å². The lowest BCUT2D eigenvalue weighted by Gasteiger charge is -2.08. The first-order valence-corrected chi connectivity index (χ1v) is 7.97. The fraction of sp³-hybridized carbons (Fsp3) is 0. The lowest BCUT2D eigenvalue weighted by molar-refractivity contribution is -0.385. The number of nitrogens with one attached hydrogen (secondary N) is 1. The first-order chi connectivity index (χ1) is 12.4. The smallest absolute Gasteiger partial charge is 0.276 e. The molecular formula is C18H11Cl2N3O3. The Morgan fingerprint density at radius 2 is 1.81 bits per heavy atom. The zero-order chi connectivity index (χ0) is 19.1. The molecule has 0 radical (unpaired) electrons. The molecule has 0 heterocycles. The molecule has 0 spiro atoms. The molecule has 26 heavy (non-hydrogen) atoms. The van der Waals surface area contributed by atoms with Gasteiger partial charge in [0.15, 0.2) is 0 Å². The number of carbonyl (C=O) groups excluding carboxylic acids is 1. The van der Waals surface area contributed by atoms with Crippen molar-refractivity contribution in [2.75, 3.05) is 5.32 Å². The number of nitro groups is 1. The van der Waals surface area contributed by atoms with Crippen LogP contribution in [0.15, 0.2) is 60.2 Å². The molecule has 8 heteroatoms. The van der Waals surface area contributed by atoms with Crippen LogP contribution >= 0.6 is 23.2 Å². The van der Waals surface area contributed by atoms with Crippen molar-refractivity contribution in [2.24, 2.45) is 0 Å². The summed E-state index contributed by atoms with van der Waals surface area (Å²) >= 11 is 11.9. The van der Waals surface area contributed by atoms with Gasteiger partial charge in [-0.05, 0) is 30.4 Å². The number of benzene rings is 2. The molecule has 0 saturated heterocycles. The Bertz CT molecular complexity index is 942. The molecule has 0 aliphatic rings. The summed E-state index contributed by atoms with van der Waals surface area (Å²) in [6.07, 6.45) is 4.07. The fourth-order valence-electron chi connectivity index (χ4n) is 2.00. The van der Waals surface area contributed by atoms with Crippen LogP contribution in [-0.2, 0) is 4.79 Å². The van der Waals surface area contributed by atoms with Crippen molar-refractivity contribution in [3.8, 4) is 6.07 Å². The minimum absolute atomic E-state index is 0.0806. The molecule has 2 rings (SSSR count). The van der Waals surface area contributed by atoms with E-state index in [0.29, 0.717) is 5.56 Å². The van der Waals surface area contributed by atoms with Gasteiger partial charge in [0, 0.05) is 6.07 Å². The Morgan fingerprint density at radius 3 is 2.42 bits per heavy atom. The van der Waals surface area contributed by atoms with E-state index in [-0.39, 0.29) is 27.0 Å². The van der Waals surface area contributed by atoms with E-state index in [1.807, 2.05) is 0 Å². The van der Waals surface area contributed by atoms with E-state index in [0.717, 1.165) is 0 Å². The number of anilines is 1. The van der Waals surface area contributed by atoms with Crippen LogP contribution in [0.2, 0.25) is 10.0 Å². The second kappa shape index (κ2) is 8.81. The van der Waals surface area contributed by atoms with Crippen molar-refractivity contribution in [1.29, 1.82) is 5.26 Å². The zero-order valence-electron chi connectivity index (χ0n) is 13.1. The van der Waals surface area contributed by atoms with Crippen molar-refractivity contribution < 1.29 is 9.72 Å². The third-order valence-electron chi connectivity index (χ3n) is 3.24. The van der Waals surface area contributed by atoms with Gasteiger partial charge in [0.05, 0.1) is 26.2 Å². The minimum atomic E-state index is -0.699. The average molecular weight is 388 g/mol. The Kier molecular flexibility index (Phi) is 6.50. The molecule has 1 amide bonds. The van der Waals surface area contributed by atoms with Gasteiger partial charge in [-0.3, -0.25) is 14.9 Å². The second-order valence-corrected chi connectivity index (χ2v) is 5.73. The molecule has 0 fully saturated rings. The Balaban J connectivity index is 2.22. The van der Waals surface area contributed by atoms with Crippen molar-refractivity contribution in [3.05, 3.63) is 85.9 Å². The van der Waals surface area contributed by atoms with Crippen molar-refractivity contribution in [1.82, 2.24) is 0 Å². The van der Waals surface area contributed by atoms with Crippen LogP contribution in [0.1, 0.15) is 5.56 Å². The average Bonchev–Trinajstić information content (AvgIpc) is 2.62. The molecule has 1 N–H and O–H groups in total. The van der Waals surface area contributed by atoms with Crippen molar-refractivity contribution in [3.63, 3.8) is 0 Å². The lowest BCUT2D eigenvalue weighted by atomic mass is 10.1. The number of hydrogen-bond donors (Lipinski definition) is 1. The highest BCUT2D eigenvalue weighted by molar-refractivity contribution is 6.40. The number of para-hydroxylation sites is 2. The number of nitriles is 1. The molecule has 130 valence electrons. The Morgan fingerprint density at radius 1 is 1.15 bits per heavy atom. The monoisotopic (exact) mass is 387 g/mol.